The first-order valence-corrected chi connectivity index (χ1v) is 6.35. The summed E-state index contributed by atoms with van der Waals surface area (Å²) < 4.78 is 1.85. The molecule has 20 heavy (non-hydrogen) atoms. The van der Waals surface area contributed by atoms with E-state index in [1.165, 1.54) is 5.56 Å². The molecule has 0 spiro atoms. The van der Waals surface area contributed by atoms with Crippen LogP contribution in [0.4, 0.5) is 0 Å². The van der Waals surface area contributed by atoms with Gasteiger partial charge in [-0.25, -0.2) is 4.68 Å². The zero-order valence-corrected chi connectivity index (χ0v) is 10.8. The monoisotopic (exact) mass is 263 g/mol. The summed E-state index contributed by atoms with van der Waals surface area (Å²) in [7, 11) is 0. The van der Waals surface area contributed by atoms with Crippen molar-refractivity contribution in [2.75, 3.05) is 0 Å². The quantitative estimate of drug-likeness (QED) is 0.680. The highest BCUT2D eigenvalue weighted by Gasteiger charge is 2.07. The minimum absolute atomic E-state index is 0.663. The fourth-order valence-electron chi connectivity index (χ4n) is 2.09. The van der Waals surface area contributed by atoms with Gasteiger partial charge in [0.1, 0.15) is 6.29 Å². The van der Waals surface area contributed by atoms with Gasteiger partial charge in [-0.15, -0.1) is 5.10 Å². The third-order valence-electron chi connectivity index (χ3n) is 3.14. The molecule has 0 atom stereocenters. The van der Waals surface area contributed by atoms with Gasteiger partial charge in [-0.3, -0.25) is 4.79 Å². The summed E-state index contributed by atoms with van der Waals surface area (Å²) in [5.41, 5.74) is 3.77. The van der Waals surface area contributed by atoms with Crippen LogP contribution in [0.5, 0.6) is 0 Å². The lowest BCUT2D eigenvalue weighted by Gasteiger charge is -2.06. The van der Waals surface area contributed by atoms with Crippen LogP contribution in [0, 0.1) is 0 Å². The van der Waals surface area contributed by atoms with Crippen LogP contribution in [0.15, 0.2) is 60.8 Å². The Morgan fingerprint density at radius 1 is 1.00 bits per heavy atom. The summed E-state index contributed by atoms with van der Waals surface area (Å²) in [5, 5.41) is 8.11. The average Bonchev–Trinajstić information content (AvgIpc) is 2.96. The van der Waals surface area contributed by atoms with Gasteiger partial charge < -0.3 is 0 Å². The lowest BCUT2D eigenvalue weighted by atomic mass is 10.1. The first-order chi connectivity index (χ1) is 9.86. The summed E-state index contributed by atoms with van der Waals surface area (Å²) in [6.45, 7) is 0.672. The Hall–Kier alpha value is -2.75. The van der Waals surface area contributed by atoms with Gasteiger partial charge in [0.15, 0.2) is 0 Å². The maximum Gasteiger partial charge on any atom is 0.150 e. The van der Waals surface area contributed by atoms with E-state index in [4.69, 9.17) is 0 Å². The molecule has 0 radical (unpaired) electrons. The molecule has 3 rings (SSSR count). The zero-order valence-electron chi connectivity index (χ0n) is 10.8. The van der Waals surface area contributed by atoms with Crippen molar-refractivity contribution in [2.45, 2.75) is 6.54 Å². The molecule has 0 aliphatic rings. The van der Waals surface area contributed by atoms with Crippen molar-refractivity contribution in [3.8, 4) is 11.3 Å². The molecule has 0 N–H and O–H groups in total. The fraction of sp³-hybridized carbons (Fsp3) is 0.0625. The molecule has 3 aromatic rings. The van der Waals surface area contributed by atoms with Crippen LogP contribution in [0.3, 0.4) is 0 Å². The van der Waals surface area contributed by atoms with Gasteiger partial charge in [-0.2, -0.15) is 0 Å². The molecule has 4 heteroatoms. The van der Waals surface area contributed by atoms with Crippen molar-refractivity contribution in [3.63, 3.8) is 0 Å². The molecule has 98 valence electrons. The fourth-order valence-corrected chi connectivity index (χ4v) is 2.09. The van der Waals surface area contributed by atoms with Gasteiger partial charge in [0.25, 0.3) is 0 Å². The van der Waals surface area contributed by atoms with Crippen molar-refractivity contribution in [3.05, 3.63) is 71.9 Å². The first-order valence-electron chi connectivity index (χ1n) is 6.35. The third-order valence-corrected chi connectivity index (χ3v) is 3.14. The number of hydrogen-bond acceptors (Lipinski definition) is 3. The van der Waals surface area contributed by atoms with Crippen molar-refractivity contribution in [1.82, 2.24) is 15.0 Å². The number of aromatic nitrogens is 3. The average molecular weight is 263 g/mol. The van der Waals surface area contributed by atoms with E-state index in [2.05, 4.69) is 22.4 Å². The molecular weight excluding hydrogens is 250 g/mol. The van der Waals surface area contributed by atoms with Crippen molar-refractivity contribution in [2.24, 2.45) is 0 Å². The normalized spacial score (nSPS) is 10.4. The second kappa shape index (κ2) is 5.48. The number of carbonyl (C=O) groups is 1. The Labute approximate surface area is 116 Å². The number of hydrogen-bond donors (Lipinski definition) is 0. The van der Waals surface area contributed by atoms with E-state index in [0.717, 1.165) is 17.5 Å². The second-order valence-corrected chi connectivity index (χ2v) is 4.50. The second-order valence-electron chi connectivity index (χ2n) is 4.50. The lowest BCUT2D eigenvalue weighted by molar-refractivity contribution is 0.112. The third kappa shape index (κ3) is 2.49. The van der Waals surface area contributed by atoms with E-state index in [-0.39, 0.29) is 0 Å². The molecule has 1 aromatic heterocycles. The highest BCUT2D eigenvalue weighted by molar-refractivity contribution is 5.76. The number of rotatable bonds is 4. The van der Waals surface area contributed by atoms with E-state index in [1.54, 1.807) is 18.3 Å². The Balaban J connectivity index is 1.91. The topological polar surface area (TPSA) is 47.8 Å². The molecule has 2 aromatic carbocycles. The molecule has 0 fully saturated rings. The summed E-state index contributed by atoms with van der Waals surface area (Å²) in [4.78, 5) is 10.7. The largest absolute Gasteiger partial charge is 0.298 e. The first kappa shape index (κ1) is 12.3. The van der Waals surface area contributed by atoms with Gasteiger partial charge >= 0.3 is 0 Å². The predicted octanol–water partition coefficient (Wildman–Crippen LogP) is 2.81. The van der Waals surface area contributed by atoms with E-state index in [9.17, 15) is 4.79 Å². The molecule has 0 aliphatic carbocycles. The Morgan fingerprint density at radius 3 is 2.45 bits per heavy atom. The molecule has 1 heterocycles. The maximum atomic E-state index is 10.7. The summed E-state index contributed by atoms with van der Waals surface area (Å²) >= 11 is 0. The minimum Gasteiger partial charge on any atom is -0.298 e. The predicted molar refractivity (Wildman–Crippen MR) is 76.4 cm³/mol. The minimum atomic E-state index is 0.663. The van der Waals surface area contributed by atoms with Crippen molar-refractivity contribution in [1.29, 1.82) is 0 Å². The van der Waals surface area contributed by atoms with Gasteiger partial charge in [0, 0.05) is 11.1 Å². The lowest BCUT2D eigenvalue weighted by Crippen LogP contribution is -2.03. The van der Waals surface area contributed by atoms with E-state index in [1.807, 2.05) is 35.0 Å². The van der Waals surface area contributed by atoms with Crippen LogP contribution < -0.4 is 0 Å². The van der Waals surface area contributed by atoms with Crippen LogP contribution in [-0.2, 0) is 6.54 Å². The number of nitrogens with zero attached hydrogens (tertiary/aromatic N) is 3. The molecule has 0 saturated carbocycles. The Morgan fingerprint density at radius 2 is 1.75 bits per heavy atom. The number of aldehydes is 1. The maximum absolute atomic E-state index is 10.7. The summed E-state index contributed by atoms with van der Waals surface area (Å²) in [6.07, 6.45) is 2.57. The van der Waals surface area contributed by atoms with Crippen molar-refractivity contribution < 1.29 is 4.79 Å². The standard InChI is InChI=1S/C16H13N3O/c20-12-14-6-8-15(9-7-14)16-10-17-18-19(16)11-13-4-2-1-3-5-13/h1-10,12H,11H2. The van der Waals surface area contributed by atoms with Crippen LogP contribution in [0.1, 0.15) is 15.9 Å². The van der Waals surface area contributed by atoms with Crippen LogP contribution >= 0.6 is 0 Å². The summed E-state index contributed by atoms with van der Waals surface area (Å²) in [5.74, 6) is 0. The van der Waals surface area contributed by atoms with Crippen LogP contribution in [0.25, 0.3) is 11.3 Å². The molecule has 4 nitrogen and oxygen atoms in total. The van der Waals surface area contributed by atoms with Gasteiger partial charge in [0.2, 0.25) is 0 Å². The molecular formula is C16H13N3O. The van der Waals surface area contributed by atoms with Crippen LogP contribution in [-0.4, -0.2) is 21.3 Å². The highest BCUT2D eigenvalue weighted by Crippen LogP contribution is 2.19. The SMILES string of the molecule is O=Cc1ccc(-c2cnnn2Cc2ccccc2)cc1. The van der Waals surface area contributed by atoms with E-state index >= 15 is 0 Å². The Kier molecular flexibility index (Phi) is 3.37. The van der Waals surface area contributed by atoms with Crippen molar-refractivity contribution >= 4 is 6.29 Å². The van der Waals surface area contributed by atoms with Gasteiger partial charge in [-0.1, -0.05) is 59.8 Å². The molecule has 0 amide bonds. The molecule has 0 unspecified atom stereocenters. The van der Waals surface area contributed by atoms with E-state index < -0.39 is 0 Å². The smallest absolute Gasteiger partial charge is 0.150 e. The number of benzene rings is 2. The molecule has 0 saturated heterocycles. The molecule has 0 aliphatic heterocycles. The van der Waals surface area contributed by atoms with E-state index in [0.29, 0.717) is 12.1 Å². The van der Waals surface area contributed by atoms with Crippen LogP contribution in [0.2, 0.25) is 0 Å². The number of carbonyl (C=O) groups excluding carboxylic acids is 1. The zero-order chi connectivity index (χ0) is 13.8. The highest BCUT2D eigenvalue weighted by atomic mass is 16.1. The molecule has 0 bridgehead atoms. The Bertz CT molecular complexity index is 702. The summed E-state index contributed by atoms with van der Waals surface area (Å²) in [6, 6.07) is 17.5. The van der Waals surface area contributed by atoms with Gasteiger partial charge in [-0.05, 0) is 5.56 Å². The van der Waals surface area contributed by atoms with Gasteiger partial charge in [0.05, 0.1) is 18.4 Å².